The first-order chi connectivity index (χ1) is 17.4. The van der Waals surface area contributed by atoms with Crippen molar-refractivity contribution in [3.63, 3.8) is 0 Å². The quantitative estimate of drug-likeness (QED) is 0.247. The van der Waals surface area contributed by atoms with Gasteiger partial charge in [-0.05, 0) is 35.0 Å². The normalized spacial score (nSPS) is 13.7. The highest BCUT2D eigenvalue weighted by atomic mass is 16.2. The van der Waals surface area contributed by atoms with Crippen molar-refractivity contribution in [1.29, 1.82) is 21.0 Å². The van der Waals surface area contributed by atoms with Crippen LogP contribution in [0.1, 0.15) is 43.0 Å². The molecule has 5 aromatic rings. The minimum atomic E-state index is -0.327. The molecule has 7 rings (SSSR count). The highest BCUT2D eigenvalue weighted by molar-refractivity contribution is 6.44. The summed E-state index contributed by atoms with van der Waals surface area (Å²) in [5, 5.41) is 44.7. The van der Waals surface area contributed by atoms with Gasteiger partial charge in [-0.2, -0.15) is 21.0 Å². The molecule has 0 aromatic heterocycles. The van der Waals surface area contributed by atoms with Gasteiger partial charge in [0.15, 0.2) is 0 Å². The predicted octanol–water partition coefficient (Wildman–Crippen LogP) is 4.40. The Morgan fingerprint density at radius 3 is 1.22 bits per heavy atom. The monoisotopic (exact) mass is 462 g/mol. The first kappa shape index (κ1) is 19.7. The number of fused-ring (bicyclic) bond motifs is 2. The Kier molecular flexibility index (Phi) is 3.32. The van der Waals surface area contributed by atoms with Crippen molar-refractivity contribution in [2.24, 2.45) is 0 Å². The van der Waals surface area contributed by atoms with Gasteiger partial charge in [-0.25, -0.2) is 0 Å². The SMILES string of the molecule is CN1C(=O)c2cc(C#N)c3c4cc(C#N)c5c6c(cc(C#N)c(c7cc(C#N)c1c2c73)c64)C(=O)N5C. The van der Waals surface area contributed by atoms with Gasteiger partial charge in [-0.15, -0.1) is 0 Å². The van der Waals surface area contributed by atoms with Gasteiger partial charge in [-0.3, -0.25) is 9.59 Å². The second-order valence-corrected chi connectivity index (χ2v) is 9.01. The summed E-state index contributed by atoms with van der Waals surface area (Å²) >= 11 is 0. The highest BCUT2D eigenvalue weighted by Crippen LogP contribution is 2.53. The molecular weight excluding hydrogens is 452 g/mol. The molecule has 2 amide bonds. The minimum Gasteiger partial charge on any atom is -0.309 e. The molecule has 0 aliphatic carbocycles. The summed E-state index contributed by atoms with van der Waals surface area (Å²) in [7, 11) is 3.17. The van der Waals surface area contributed by atoms with Crippen molar-refractivity contribution in [3.8, 4) is 24.3 Å². The summed E-state index contributed by atoms with van der Waals surface area (Å²) in [4.78, 5) is 29.1. The van der Waals surface area contributed by atoms with Crippen molar-refractivity contribution in [2.45, 2.75) is 0 Å². The lowest BCUT2D eigenvalue weighted by Gasteiger charge is -2.19. The van der Waals surface area contributed by atoms with Gasteiger partial charge in [-0.1, -0.05) is 0 Å². The van der Waals surface area contributed by atoms with Gasteiger partial charge >= 0.3 is 0 Å². The van der Waals surface area contributed by atoms with Crippen LogP contribution < -0.4 is 9.80 Å². The number of amides is 2. The third-order valence-corrected chi connectivity index (χ3v) is 7.52. The molecule has 0 unspecified atom stereocenters. The minimum absolute atomic E-state index is 0.240. The Morgan fingerprint density at radius 1 is 0.528 bits per heavy atom. The summed E-state index contributed by atoms with van der Waals surface area (Å²) in [6, 6.07) is 15.1. The van der Waals surface area contributed by atoms with Crippen LogP contribution >= 0.6 is 0 Å². The number of anilines is 2. The molecule has 2 heterocycles. The van der Waals surface area contributed by atoms with E-state index >= 15 is 0 Å². The van der Waals surface area contributed by atoms with Gasteiger partial charge in [0.2, 0.25) is 0 Å². The fraction of sp³-hybridized carbons (Fsp3) is 0.0714. The summed E-state index contributed by atoms with van der Waals surface area (Å²) in [5.41, 5.74) is 2.54. The molecular formula is C28H10N6O2. The van der Waals surface area contributed by atoms with Crippen molar-refractivity contribution in [3.05, 3.63) is 57.6 Å². The standard InChI is InChI=1S/C28H10N6O2/c1-33-25-13(9-31)5-15-20-12(8-30)4-18-24-22(20)16(6-14(10-32)26(24)34(2)28(18)36)19-11(7-29)3-17(27(33)35)23(25)21(15)19/h3-6H,1-2H3. The number of nitrogens with zero attached hydrogens (tertiary/aromatic N) is 6. The van der Waals surface area contributed by atoms with E-state index < -0.39 is 0 Å². The number of hydrogen-bond donors (Lipinski definition) is 0. The van der Waals surface area contributed by atoms with E-state index in [4.69, 9.17) is 0 Å². The van der Waals surface area contributed by atoms with Crippen molar-refractivity contribution >= 4 is 66.3 Å². The maximum Gasteiger partial charge on any atom is 0.258 e. The van der Waals surface area contributed by atoms with Gasteiger partial charge in [0.05, 0.1) is 56.9 Å². The van der Waals surface area contributed by atoms with Crippen LogP contribution in [0.25, 0.3) is 43.1 Å². The van der Waals surface area contributed by atoms with Gasteiger partial charge < -0.3 is 9.80 Å². The Bertz CT molecular complexity index is 2010. The fourth-order valence-electron chi connectivity index (χ4n) is 6.13. The average molecular weight is 462 g/mol. The Hall–Kier alpha value is -5.70. The summed E-state index contributed by atoms with van der Waals surface area (Å²) in [6.45, 7) is 0. The zero-order valence-electron chi connectivity index (χ0n) is 18.8. The molecule has 2 aliphatic heterocycles. The maximum absolute atomic E-state index is 13.1. The number of benzene rings is 5. The molecule has 0 spiro atoms. The smallest absolute Gasteiger partial charge is 0.258 e. The van der Waals surface area contributed by atoms with E-state index in [0.717, 1.165) is 0 Å². The largest absolute Gasteiger partial charge is 0.309 e. The predicted molar refractivity (Wildman–Crippen MR) is 132 cm³/mol. The van der Waals surface area contributed by atoms with Crippen molar-refractivity contribution in [2.75, 3.05) is 23.9 Å². The van der Waals surface area contributed by atoms with E-state index in [1.54, 1.807) is 26.2 Å². The molecule has 0 radical (unpaired) electrons. The van der Waals surface area contributed by atoms with Crippen molar-refractivity contribution in [1.82, 2.24) is 0 Å². The topological polar surface area (TPSA) is 136 Å². The van der Waals surface area contributed by atoms with E-state index in [1.165, 1.54) is 21.9 Å². The number of hydrogen-bond acceptors (Lipinski definition) is 6. The van der Waals surface area contributed by atoms with Gasteiger partial charge in [0.25, 0.3) is 11.8 Å². The van der Waals surface area contributed by atoms with E-state index in [9.17, 15) is 30.6 Å². The summed E-state index contributed by atoms with van der Waals surface area (Å²) in [6.07, 6.45) is 0. The van der Waals surface area contributed by atoms with Crippen LogP contribution in [-0.2, 0) is 0 Å². The first-order valence-electron chi connectivity index (χ1n) is 10.9. The first-order valence-corrected chi connectivity index (χ1v) is 10.9. The van der Waals surface area contributed by atoms with Crippen LogP contribution in [0.15, 0.2) is 24.3 Å². The number of carbonyl (C=O) groups excluding carboxylic acids is 2. The van der Waals surface area contributed by atoms with E-state index in [2.05, 4.69) is 24.3 Å². The lowest BCUT2D eigenvalue weighted by Crippen LogP contribution is -2.21. The van der Waals surface area contributed by atoms with Crippen LogP contribution in [0, 0.1) is 45.3 Å². The molecule has 164 valence electrons. The van der Waals surface area contributed by atoms with E-state index in [1.807, 2.05) is 0 Å². The summed E-state index contributed by atoms with van der Waals surface area (Å²) in [5.74, 6) is -0.654. The number of carbonyl (C=O) groups is 2. The van der Waals surface area contributed by atoms with Crippen LogP contribution in [0.2, 0.25) is 0 Å². The third kappa shape index (κ3) is 1.87. The summed E-state index contributed by atoms with van der Waals surface area (Å²) < 4.78 is 0. The number of nitriles is 4. The molecule has 0 saturated carbocycles. The molecule has 8 nitrogen and oxygen atoms in total. The Labute approximate surface area is 202 Å². The Morgan fingerprint density at radius 2 is 0.889 bits per heavy atom. The molecule has 2 aliphatic rings. The van der Waals surface area contributed by atoms with E-state index in [0.29, 0.717) is 65.6 Å². The zero-order chi connectivity index (χ0) is 25.2. The van der Waals surface area contributed by atoms with Crippen LogP contribution in [0.3, 0.4) is 0 Å². The van der Waals surface area contributed by atoms with Crippen LogP contribution in [0.5, 0.6) is 0 Å². The van der Waals surface area contributed by atoms with Crippen molar-refractivity contribution < 1.29 is 9.59 Å². The molecule has 36 heavy (non-hydrogen) atoms. The zero-order valence-corrected chi connectivity index (χ0v) is 18.8. The lowest BCUT2D eigenvalue weighted by molar-refractivity contribution is 0.0991. The van der Waals surface area contributed by atoms with Gasteiger partial charge in [0.1, 0.15) is 12.1 Å². The third-order valence-electron chi connectivity index (χ3n) is 7.52. The molecule has 0 bridgehead atoms. The maximum atomic E-state index is 13.1. The second-order valence-electron chi connectivity index (χ2n) is 9.01. The molecule has 0 atom stereocenters. The average Bonchev–Trinajstić information content (AvgIpc) is 3.31. The molecule has 0 fully saturated rings. The number of rotatable bonds is 0. The van der Waals surface area contributed by atoms with Crippen LogP contribution in [-0.4, -0.2) is 25.9 Å². The second kappa shape index (κ2) is 6.05. The fourth-order valence-corrected chi connectivity index (χ4v) is 6.13. The molecule has 5 aromatic carbocycles. The highest BCUT2D eigenvalue weighted by Gasteiger charge is 2.37. The van der Waals surface area contributed by atoms with Gasteiger partial charge in [0, 0.05) is 46.4 Å². The molecule has 0 N–H and O–H groups in total. The van der Waals surface area contributed by atoms with E-state index in [-0.39, 0.29) is 34.1 Å². The molecule has 8 heteroatoms. The Balaban J connectivity index is 1.96. The lowest BCUT2D eigenvalue weighted by atomic mass is 9.82. The van der Waals surface area contributed by atoms with Crippen LogP contribution in [0.4, 0.5) is 11.4 Å². The molecule has 0 saturated heterocycles.